The van der Waals surface area contributed by atoms with Crippen molar-refractivity contribution in [3.05, 3.63) is 40.3 Å². The number of aromatic nitrogens is 2. The summed E-state index contributed by atoms with van der Waals surface area (Å²) in [5.74, 6) is 1.04. The average molecular weight is 284 g/mol. The molecule has 0 aliphatic carbocycles. The van der Waals surface area contributed by atoms with Gasteiger partial charge in [-0.15, -0.1) is 0 Å². The van der Waals surface area contributed by atoms with Gasteiger partial charge in [-0.25, -0.2) is 4.98 Å². The summed E-state index contributed by atoms with van der Waals surface area (Å²) in [5, 5.41) is 3.98. The van der Waals surface area contributed by atoms with Crippen molar-refractivity contribution >= 4 is 34.7 Å². The molecule has 2 rings (SSSR count). The Bertz CT molecular complexity index is 575. The number of nitrogens with zero attached hydrogens (tertiary/aromatic N) is 2. The Labute approximate surface area is 115 Å². The zero-order valence-electron chi connectivity index (χ0n) is 9.87. The highest BCUT2D eigenvalue weighted by Gasteiger charge is 2.08. The Balaban J connectivity index is 2.36. The minimum atomic E-state index is 0.157. The molecule has 0 bridgehead atoms. The molecule has 1 aromatic carbocycles. The summed E-state index contributed by atoms with van der Waals surface area (Å²) in [6, 6.07) is 5.53. The van der Waals surface area contributed by atoms with Gasteiger partial charge in [0.05, 0.1) is 13.3 Å². The van der Waals surface area contributed by atoms with Crippen molar-refractivity contribution in [3.8, 4) is 5.75 Å². The van der Waals surface area contributed by atoms with Gasteiger partial charge in [0.15, 0.2) is 11.6 Å². The number of halogens is 2. The van der Waals surface area contributed by atoms with Crippen LogP contribution in [0.1, 0.15) is 5.56 Å². The van der Waals surface area contributed by atoms with Gasteiger partial charge < -0.3 is 10.1 Å². The first-order valence-electron chi connectivity index (χ1n) is 5.20. The van der Waals surface area contributed by atoms with E-state index in [0.29, 0.717) is 16.6 Å². The second kappa shape index (κ2) is 5.42. The molecular weight excluding hydrogens is 273 g/mol. The maximum absolute atomic E-state index is 5.90. The van der Waals surface area contributed by atoms with Crippen LogP contribution in [-0.2, 0) is 0 Å². The van der Waals surface area contributed by atoms with Crippen LogP contribution in [0.15, 0.2) is 24.4 Å². The lowest BCUT2D eigenvalue weighted by Crippen LogP contribution is -2.00. The third kappa shape index (κ3) is 2.83. The lowest BCUT2D eigenvalue weighted by molar-refractivity contribution is 0.413. The molecule has 0 aliphatic heterocycles. The molecule has 18 heavy (non-hydrogen) atoms. The molecule has 0 unspecified atom stereocenters. The van der Waals surface area contributed by atoms with Gasteiger partial charge in [-0.3, -0.25) is 0 Å². The van der Waals surface area contributed by atoms with Gasteiger partial charge in [0.2, 0.25) is 5.28 Å². The Morgan fingerprint density at radius 2 is 2.06 bits per heavy atom. The number of aryl methyl sites for hydroxylation is 1. The number of hydrogen-bond acceptors (Lipinski definition) is 4. The standard InChI is InChI=1S/C12H11Cl2N3O/c1-7-5-8(13)3-4-9(7)16-11-10(18-2)6-15-12(14)17-11/h3-6H,1-2H3,(H,15,16,17). The summed E-state index contributed by atoms with van der Waals surface area (Å²) in [7, 11) is 1.55. The van der Waals surface area contributed by atoms with Crippen LogP contribution in [0.25, 0.3) is 0 Å². The summed E-state index contributed by atoms with van der Waals surface area (Å²) >= 11 is 11.7. The minimum Gasteiger partial charge on any atom is -0.491 e. The van der Waals surface area contributed by atoms with Crippen LogP contribution >= 0.6 is 23.2 Å². The molecule has 6 heteroatoms. The zero-order valence-corrected chi connectivity index (χ0v) is 11.4. The molecule has 0 radical (unpaired) electrons. The fourth-order valence-corrected chi connectivity index (χ4v) is 1.84. The first-order valence-corrected chi connectivity index (χ1v) is 5.95. The van der Waals surface area contributed by atoms with E-state index in [1.165, 1.54) is 6.20 Å². The van der Waals surface area contributed by atoms with Crippen LogP contribution in [0, 0.1) is 6.92 Å². The van der Waals surface area contributed by atoms with Crippen LogP contribution in [0.4, 0.5) is 11.5 Å². The molecule has 0 fully saturated rings. The van der Waals surface area contributed by atoms with Crippen molar-refractivity contribution < 1.29 is 4.74 Å². The van der Waals surface area contributed by atoms with Crippen LogP contribution in [0.5, 0.6) is 5.75 Å². The van der Waals surface area contributed by atoms with Crippen molar-refractivity contribution in [3.63, 3.8) is 0 Å². The molecule has 0 atom stereocenters. The first-order chi connectivity index (χ1) is 8.60. The van der Waals surface area contributed by atoms with E-state index in [4.69, 9.17) is 27.9 Å². The fourth-order valence-electron chi connectivity index (χ4n) is 1.48. The molecule has 1 aromatic heterocycles. The second-order valence-corrected chi connectivity index (χ2v) is 4.41. The zero-order chi connectivity index (χ0) is 13.1. The third-order valence-corrected chi connectivity index (χ3v) is 2.80. The van der Waals surface area contributed by atoms with E-state index in [9.17, 15) is 0 Å². The number of anilines is 2. The molecule has 0 amide bonds. The van der Waals surface area contributed by atoms with Gasteiger partial charge >= 0.3 is 0 Å². The highest BCUT2D eigenvalue weighted by molar-refractivity contribution is 6.30. The lowest BCUT2D eigenvalue weighted by Gasteiger charge is -2.12. The van der Waals surface area contributed by atoms with E-state index in [1.54, 1.807) is 13.2 Å². The van der Waals surface area contributed by atoms with Gasteiger partial charge in [0.1, 0.15) is 0 Å². The molecule has 0 aliphatic rings. The number of hydrogen-bond donors (Lipinski definition) is 1. The molecule has 2 aromatic rings. The van der Waals surface area contributed by atoms with E-state index < -0.39 is 0 Å². The highest BCUT2D eigenvalue weighted by atomic mass is 35.5. The van der Waals surface area contributed by atoms with E-state index in [-0.39, 0.29) is 5.28 Å². The monoisotopic (exact) mass is 283 g/mol. The topological polar surface area (TPSA) is 47.0 Å². The minimum absolute atomic E-state index is 0.157. The van der Waals surface area contributed by atoms with Gasteiger partial charge in [0, 0.05) is 10.7 Å². The maximum Gasteiger partial charge on any atom is 0.224 e. The molecule has 1 N–H and O–H groups in total. The smallest absolute Gasteiger partial charge is 0.224 e. The van der Waals surface area contributed by atoms with Gasteiger partial charge in [-0.1, -0.05) is 11.6 Å². The van der Waals surface area contributed by atoms with Crippen LogP contribution in [0.2, 0.25) is 10.3 Å². The van der Waals surface area contributed by atoms with Crippen molar-refractivity contribution in [2.75, 3.05) is 12.4 Å². The van der Waals surface area contributed by atoms with Crippen LogP contribution in [-0.4, -0.2) is 17.1 Å². The summed E-state index contributed by atoms with van der Waals surface area (Å²) in [5.41, 5.74) is 1.88. The predicted octanol–water partition coefficient (Wildman–Crippen LogP) is 3.84. The average Bonchev–Trinajstić information content (AvgIpc) is 2.33. The van der Waals surface area contributed by atoms with E-state index in [1.807, 2.05) is 19.1 Å². The van der Waals surface area contributed by atoms with Gasteiger partial charge in [-0.05, 0) is 42.3 Å². The summed E-state index contributed by atoms with van der Waals surface area (Å²) < 4.78 is 5.16. The summed E-state index contributed by atoms with van der Waals surface area (Å²) in [6.45, 7) is 1.95. The summed E-state index contributed by atoms with van der Waals surface area (Å²) in [4.78, 5) is 7.95. The van der Waals surface area contributed by atoms with Crippen molar-refractivity contribution in [1.82, 2.24) is 9.97 Å². The third-order valence-electron chi connectivity index (χ3n) is 2.39. The quantitative estimate of drug-likeness (QED) is 0.870. The molecule has 0 saturated heterocycles. The molecule has 0 spiro atoms. The molecular formula is C12H11Cl2N3O. The Morgan fingerprint density at radius 1 is 1.28 bits per heavy atom. The fraction of sp³-hybridized carbons (Fsp3) is 0.167. The van der Waals surface area contributed by atoms with Crippen molar-refractivity contribution in [2.45, 2.75) is 6.92 Å². The predicted molar refractivity (Wildman–Crippen MR) is 73.1 cm³/mol. The molecule has 1 heterocycles. The van der Waals surface area contributed by atoms with Gasteiger partial charge in [-0.2, -0.15) is 4.98 Å². The lowest BCUT2D eigenvalue weighted by atomic mass is 10.2. The van der Waals surface area contributed by atoms with Crippen molar-refractivity contribution in [1.29, 1.82) is 0 Å². The number of methoxy groups -OCH3 is 1. The van der Waals surface area contributed by atoms with Crippen molar-refractivity contribution in [2.24, 2.45) is 0 Å². The largest absolute Gasteiger partial charge is 0.491 e. The number of ether oxygens (including phenoxy) is 1. The molecule has 0 saturated carbocycles. The summed E-state index contributed by atoms with van der Waals surface area (Å²) in [6.07, 6.45) is 1.52. The van der Waals surface area contributed by atoms with E-state index in [0.717, 1.165) is 11.3 Å². The second-order valence-electron chi connectivity index (χ2n) is 3.64. The number of benzene rings is 1. The number of nitrogens with one attached hydrogen (secondary N) is 1. The van der Waals surface area contributed by atoms with Crippen LogP contribution in [0.3, 0.4) is 0 Å². The first kappa shape index (κ1) is 12.9. The molecule has 94 valence electrons. The maximum atomic E-state index is 5.90. The Morgan fingerprint density at radius 3 is 2.72 bits per heavy atom. The Kier molecular flexibility index (Phi) is 3.89. The SMILES string of the molecule is COc1cnc(Cl)nc1Nc1ccc(Cl)cc1C. The van der Waals surface area contributed by atoms with Crippen LogP contribution < -0.4 is 10.1 Å². The molecule has 4 nitrogen and oxygen atoms in total. The Hall–Kier alpha value is -1.52. The van der Waals surface area contributed by atoms with Gasteiger partial charge in [0.25, 0.3) is 0 Å². The van der Waals surface area contributed by atoms with E-state index in [2.05, 4.69) is 15.3 Å². The number of rotatable bonds is 3. The highest BCUT2D eigenvalue weighted by Crippen LogP contribution is 2.28. The van der Waals surface area contributed by atoms with E-state index >= 15 is 0 Å². The normalized spacial score (nSPS) is 10.2.